The summed E-state index contributed by atoms with van der Waals surface area (Å²) < 4.78 is 5.38. The molecule has 2 fully saturated rings. The van der Waals surface area contributed by atoms with Crippen molar-refractivity contribution in [3.05, 3.63) is 11.8 Å². The van der Waals surface area contributed by atoms with Gasteiger partial charge >= 0.3 is 0 Å². The molecule has 2 heteroatoms. The molecule has 0 aromatic carbocycles. The molecule has 4 unspecified atom stereocenters. The molecule has 2 nitrogen and oxygen atoms in total. The largest absolute Gasteiger partial charge is 0.501 e. The molecule has 0 aromatic heterocycles. The molecule has 1 N–H and O–H groups in total. The number of rotatable bonds is 2. The second-order valence-electron chi connectivity index (χ2n) is 6.49. The number of hydrogen-bond donors (Lipinski definition) is 1. The van der Waals surface area contributed by atoms with E-state index in [2.05, 4.69) is 0 Å². The normalized spacial score (nSPS) is 38.3. The SMILES string of the molecule is OC(C1=COCCC1)C1CCC2CCCCC2C1. The summed E-state index contributed by atoms with van der Waals surface area (Å²) >= 11 is 0. The Morgan fingerprint density at radius 2 is 1.89 bits per heavy atom. The summed E-state index contributed by atoms with van der Waals surface area (Å²) in [6.45, 7) is 0.825. The Bertz CT molecular complexity index is 310. The van der Waals surface area contributed by atoms with Crippen molar-refractivity contribution in [2.24, 2.45) is 17.8 Å². The number of fused-ring (bicyclic) bond motifs is 1. The fourth-order valence-electron chi connectivity index (χ4n) is 4.30. The average Bonchev–Trinajstić information content (AvgIpc) is 2.47. The molecule has 0 amide bonds. The Balaban J connectivity index is 1.61. The third-order valence-corrected chi connectivity index (χ3v) is 5.37. The van der Waals surface area contributed by atoms with Crippen molar-refractivity contribution in [2.75, 3.05) is 6.61 Å². The highest BCUT2D eigenvalue weighted by molar-refractivity contribution is 5.09. The highest BCUT2D eigenvalue weighted by atomic mass is 16.5. The van der Waals surface area contributed by atoms with Gasteiger partial charge in [0.05, 0.1) is 19.0 Å². The molecule has 0 radical (unpaired) electrons. The minimum absolute atomic E-state index is 0.229. The maximum atomic E-state index is 10.5. The third-order valence-electron chi connectivity index (χ3n) is 5.37. The Labute approximate surface area is 110 Å². The molecule has 102 valence electrons. The van der Waals surface area contributed by atoms with Gasteiger partial charge < -0.3 is 9.84 Å². The third kappa shape index (κ3) is 2.59. The topological polar surface area (TPSA) is 29.5 Å². The van der Waals surface area contributed by atoms with Gasteiger partial charge in [0, 0.05) is 0 Å². The van der Waals surface area contributed by atoms with E-state index in [1.54, 1.807) is 0 Å². The Morgan fingerprint density at radius 3 is 2.67 bits per heavy atom. The minimum atomic E-state index is -0.229. The van der Waals surface area contributed by atoms with Crippen LogP contribution in [-0.4, -0.2) is 17.8 Å². The minimum Gasteiger partial charge on any atom is -0.501 e. The van der Waals surface area contributed by atoms with E-state index in [1.165, 1.54) is 44.9 Å². The van der Waals surface area contributed by atoms with Gasteiger partial charge in [-0.3, -0.25) is 0 Å². The Hall–Kier alpha value is -0.500. The molecule has 2 aliphatic carbocycles. The maximum absolute atomic E-state index is 10.5. The predicted molar refractivity (Wildman–Crippen MR) is 72.1 cm³/mol. The van der Waals surface area contributed by atoms with Gasteiger partial charge in [0.1, 0.15) is 0 Å². The van der Waals surface area contributed by atoms with Crippen LogP contribution in [0.3, 0.4) is 0 Å². The average molecular weight is 250 g/mol. The first-order chi connectivity index (χ1) is 8.84. The highest BCUT2D eigenvalue weighted by Crippen LogP contribution is 2.44. The predicted octanol–water partition coefficient (Wildman–Crippen LogP) is 3.65. The van der Waals surface area contributed by atoms with E-state index in [9.17, 15) is 5.11 Å². The number of hydrogen-bond acceptors (Lipinski definition) is 2. The fourth-order valence-corrected chi connectivity index (χ4v) is 4.30. The molecule has 3 aliphatic rings. The monoisotopic (exact) mass is 250 g/mol. The number of aliphatic hydroxyl groups excluding tert-OH is 1. The first kappa shape index (κ1) is 12.5. The van der Waals surface area contributed by atoms with Gasteiger partial charge in [-0.1, -0.05) is 25.7 Å². The summed E-state index contributed by atoms with van der Waals surface area (Å²) in [4.78, 5) is 0. The lowest BCUT2D eigenvalue weighted by Crippen LogP contribution is -2.34. The first-order valence-corrected chi connectivity index (χ1v) is 7.83. The van der Waals surface area contributed by atoms with Crippen molar-refractivity contribution < 1.29 is 9.84 Å². The molecular formula is C16H26O2. The van der Waals surface area contributed by atoms with Crippen molar-refractivity contribution in [1.29, 1.82) is 0 Å². The summed E-state index contributed by atoms with van der Waals surface area (Å²) in [5.74, 6) is 2.37. The molecule has 0 aromatic rings. The molecule has 4 atom stereocenters. The van der Waals surface area contributed by atoms with E-state index < -0.39 is 0 Å². The lowest BCUT2D eigenvalue weighted by molar-refractivity contribution is 0.0476. The van der Waals surface area contributed by atoms with Crippen LogP contribution in [-0.2, 0) is 4.74 Å². The van der Waals surface area contributed by atoms with Gasteiger partial charge in [0.2, 0.25) is 0 Å². The van der Waals surface area contributed by atoms with Gasteiger partial charge in [-0.15, -0.1) is 0 Å². The fraction of sp³-hybridized carbons (Fsp3) is 0.875. The number of ether oxygens (including phenoxy) is 1. The lowest BCUT2D eigenvalue weighted by atomic mass is 9.66. The van der Waals surface area contributed by atoms with E-state index in [0.29, 0.717) is 5.92 Å². The molecule has 1 heterocycles. The van der Waals surface area contributed by atoms with E-state index in [-0.39, 0.29) is 6.10 Å². The smallest absolute Gasteiger partial charge is 0.0876 e. The zero-order chi connectivity index (χ0) is 12.4. The number of aliphatic hydroxyl groups is 1. The molecule has 0 spiro atoms. The van der Waals surface area contributed by atoms with Crippen LogP contribution in [0.5, 0.6) is 0 Å². The first-order valence-electron chi connectivity index (χ1n) is 7.83. The van der Waals surface area contributed by atoms with Crippen molar-refractivity contribution >= 4 is 0 Å². The van der Waals surface area contributed by atoms with Crippen LogP contribution < -0.4 is 0 Å². The van der Waals surface area contributed by atoms with Gasteiger partial charge in [-0.05, 0) is 55.4 Å². The second kappa shape index (κ2) is 5.64. The van der Waals surface area contributed by atoms with E-state index in [1.807, 2.05) is 6.26 Å². The van der Waals surface area contributed by atoms with E-state index in [0.717, 1.165) is 36.9 Å². The van der Waals surface area contributed by atoms with Crippen LogP contribution in [0.4, 0.5) is 0 Å². The summed E-state index contributed by atoms with van der Waals surface area (Å²) in [7, 11) is 0. The Morgan fingerprint density at radius 1 is 1.06 bits per heavy atom. The van der Waals surface area contributed by atoms with Crippen LogP contribution >= 0.6 is 0 Å². The van der Waals surface area contributed by atoms with Crippen molar-refractivity contribution in [2.45, 2.75) is 63.9 Å². The second-order valence-corrected chi connectivity index (χ2v) is 6.49. The molecule has 3 rings (SSSR count). The zero-order valence-corrected chi connectivity index (χ0v) is 11.3. The van der Waals surface area contributed by atoms with Crippen LogP contribution in [0.25, 0.3) is 0 Å². The van der Waals surface area contributed by atoms with Gasteiger partial charge in [0.25, 0.3) is 0 Å². The van der Waals surface area contributed by atoms with Crippen molar-refractivity contribution in [3.63, 3.8) is 0 Å². The van der Waals surface area contributed by atoms with Gasteiger partial charge in [0.15, 0.2) is 0 Å². The molecule has 18 heavy (non-hydrogen) atoms. The lowest BCUT2D eigenvalue weighted by Gasteiger charge is -2.41. The van der Waals surface area contributed by atoms with Gasteiger partial charge in [-0.25, -0.2) is 0 Å². The molecule has 0 bridgehead atoms. The van der Waals surface area contributed by atoms with Gasteiger partial charge in [-0.2, -0.15) is 0 Å². The van der Waals surface area contributed by atoms with Crippen molar-refractivity contribution in [3.8, 4) is 0 Å². The van der Waals surface area contributed by atoms with Crippen molar-refractivity contribution in [1.82, 2.24) is 0 Å². The van der Waals surface area contributed by atoms with E-state index in [4.69, 9.17) is 4.74 Å². The summed E-state index contributed by atoms with van der Waals surface area (Å²) in [5.41, 5.74) is 1.15. The summed E-state index contributed by atoms with van der Waals surface area (Å²) in [6.07, 6.45) is 13.2. The molecule has 1 aliphatic heterocycles. The highest BCUT2D eigenvalue weighted by Gasteiger charge is 2.36. The Kier molecular flexibility index (Phi) is 3.93. The standard InChI is InChI=1S/C16H26O2/c17-16(15-6-3-9-18-11-15)14-8-7-12-4-1-2-5-13(12)10-14/h11-14,16-17H,1-10H2. The zero-order valence-electron chi connectivity index (χ0n) is 11.3. The summed E-state index contributed by atoms with van der Waals surface area (Å²) in [5, 5.41) is 10.5. The molecular weight excluding hydrogens is 224 g/mol. The van der Waals surface area contributed by atoms with E-state index >= 15 is 0 Å². The summed E-state index contributed by atoms with van der Waals surface area (Å²) in [6, 6.07) is 0. The maximum Gasteiger partial charge on any atom is 0.0876 e. The van der Waals surface area contributed by atoms with Crippen LogP contribution in [0.1, 0.15) is 57.8 Å². The molecule has 2 saturated carbocycles. The quantitative estimate of drug-likeness (QED) is 0.810. The van der Waals surface area contributed by atoms with Crippen LogP contribution in [0.2, 0.25) is 0 Å². The van der Waals surface area contributed by atoms with Crippen LogP contribution in [0.15, 0.2) is 11.8 Å². The molecule has 0 saturated heterocycles. The van der Waals surface area contributed by atoms with Crippen LogP contribution in [0, 0.1) is 17.8 Å².